The van der Waals surface area contributed by atoms with Crippen LogP contribution in [0.25, 0.3) is 0 Å². The van der Waals surface area contributed by atoms with E-state index < -0.39 is 0 Å². The highest BCUT2D eigenvalue weighted by Crippen LogP contribution is 2.17. The molecule has 0 amide bonds. The quantitative estimate of drug-likeness (QED) is 0.582. The molecule has 0 saturated carbocycles. The van der Waals surface area contributed by atoms with Crippen LogP contribution in [0, 0.1) is 0 Å². The molecule has 0 aliphatic carbocycles. The van der Waals surface area contributed by atoms with E-state index in [0.29, 0.717) is 0 Å². The predicted molar refractivity (Wildman–Crippen MR) is 49.2 cm³/mol. The van der Waals surface area contributed by atoms with Crippen LogP contribution in [0.1, 0.15) is 31.5 Å². The van der Waals surface area contributed by atoms with E-state index in [4.69, 9.17) is 0 Å². The molecule has 1 heteroatoms. The average molecular weight is 154 g/mol. The summed E-state index contributed by atoms with van der Waals surface area (Å²) in [5.41, 5.74) is 0. The van der Waals surface area contributed by atoms with Crippen molar-refractivity contribution in [1.29, 1.82) is 0 Å². The highest BCUT2D eigenvalue weighted by Gasteiger charge is 1.90. The van der Waals surface area contributed by atoms with Crippen molar-refractivity contribution in [2.24, 2.45) is 0 Å². The van der Waals surface area contributed by atoms with Crippen molar-refractivity contribution in [2.75, 3.05) is 0 Å². The van der Waals surface area contributed by atoms with Gasteiger partial charge in [0.2, 0.25) is 0 Å². The van der Waals surface area contributed by atoms with Gasteiger partial charge in [0.25, 0.3) is 0 Å². The second-order valence-corrected chi connectivity index (χ2v) is 3.92. The molecular formula is C9H15P. The first kappa shape index (κ1) is 7.88. The third-order valence-corrected chi connectivity index (χ3v) is 2.86. The molecule has 1 aromatic rings. The minimum Gasteiger partial charge on any atom is -0.137 e. The normalized spacial score (nSPS) is 10.9. The Hall–Kier alpha value is -0.220. The first-order chi connectivity index (χ1) is 4.93. The molecular weight excluding hydrogens is 139 g/mol. The van der Waals surface area contributed by atoms with Crippen molar-refractivity contribution < 1.29 is 0 Å². The SMILES string of the molecule is CCCCCc1ccc[pH]1. The van der Waals surface area contributed by atoms with Crippen LogP contribution < -0.4 is 0 Å². The van der Waals surface area contributed by atoms with Crippen LogP contribution in [0.2, 0.25) is 0 Å². The Morgan fingerprint density at radius 3 is 2.90 bits per heavy atom. The van der Waals surface area contributed by atoms with Crippen LogP contribution in [-0.4, -0.2) is 0 Å². The Kier molecular flexibility index (Phi) is 3.60. The minimum absolute atomic E-state index is 0.992. The fourth-order valence-corrected chi connectivity index (χ4v) is 2.01. The van der Waals surface area contributed by atoms with E-state index >= 15 is 0 Å². The number of rotatable bonds is 4. The summed E-state index contributed by atoms with van der Waals surface area (Å²) in [6.07, 6.45) is 5.45. The van der Waals surface area contributed by atoms with Gasteiger partial charge in [-0.05, 0) is 23.9 Å². The monoisotopic (exact) mass is 154 g/mol. The van der Waals surface area contributed by atoms with Crippen LogP contribution in [0.4, 0.5) is 0 Å². The van der Waals surface area contributed by atoms with Crippen LogP contribution in [0.5, 0.6) is 0 Å². The van der Waals surface area contributed by atoms with Gasteiger partial charge in [0.15, 0.2) is 0 Å². The lowest BCUT2D eigenvalue weighted by atomic mass is 10.2. The average Bonchev–Trinajstić information content (AvgIpc) is 2.41. The van der Waals surface area contributed by atoms with Gasteiger partial charge in [-0.15, -0.1) is 8.19 Å². The Bertz CT molecular complexity index is 153. The smallest absolute Gasteiger partial charge is 0.0244 e. The van der Waals surface area contributed by atoms with Crippen LogP contribution in [0.3, 0.4) is 0 Å². The van der Waals surface area contributed by atoms with Gasteiger partial charge in [-0.2, -0.15) is 0 Å². The molecule has 0 aromatic carbocycles. The molecule has 1 unspecified atom stereocenters. The first-order valence-corrected chi connectivity index (χ1v) is 5.13. The lowest BCUT2D eigenvalue weighted by Crippen LogP contribution is -1.78. The first-order valence-electron chi connectivity index (χ1n) is 4.05. The summed E-state index contributed by atoms with van der Waals surface area (Å²) in [5, 5.41) is 1.65. The Labute approximate surface area is 64.7 Å². The van der Waals surface area contributed by atoms with Gasteiger partial charge in [-0.3, -0.25) is 0 Å². The largest absolute Gasteiger partial charge is 0.137 e. The van der Waals surface area contributed by atoms with Crippen LogP contribution in [-0.2, 0) is 6.42 Å². The lowest BCUT2D eigenvalue weighted by molar-refractivity contribution is 0.723. The molecule has 1 atom stereocenters. The Morgan fingerprint density at radius 1 is 1.40 bits per heavy atom. The van der Waals surface area contributed by atoms with Gasteiger partial charge in [-0.1, -0.05) is 31.9 Å². The van der Waals surface area contributed by atoms with E-state index in [1.54, 1.807) is 5.30 Å². The van der Waals surface area contributed by atoms with Gasteiger partial charge < -0.3 is 0 Å². The molecule has 0 N–H and O–H groups in total. The van der Waals surface area contributed by atoms with Crippen molar-refractivity contribution >= 4 is 8.19 Å². The van der Waals surface area contributed by atoms with E-state index in [9.17, 15) is 0 Å². The molecule has 0 radical (unpaired) electrons. The third-order valence-electron chi connectivity index (χ3n) is 1.71. The second-order valence-electron chi connectivity index (χ2n) is 2.65. The van der Waals surface area contributed by atoms with Crippen molar-refractivity contribution in [3.63, 3.8) is 0 Å². The van der Waals surface area contributed by atoms with Gasteiger partial charge in [-0.25, -0.2) is 0 Å². The van der Waals surface area contributed by atoms with Gasteiger partial charge in [0.05, 0.1) is 0 Å². The number of hydrogen-bond donors (Lipinski definition) is 0. The lowest BCUT2D eigenvalue weighted by Gasteiger charge is -1.94. The maximum atomic E-state index is 2.27. The summed E-state index contributed by atoms with van der Waals surface area (Å²) in [5.74, 6) is 2.27. The fourth-order valence-electron chi connectivity index (χ4n) is 1.09. The third kappa shape index (κ3) is 2.58. The molecule has 0 aliphatic heterocycles. The van der Waals surface area contributed by atoms with Crippen LogP contribution >= 0.6 is 8.19 Å². The Morgan fingerprint density at radius 2 is 2.30 bits per heavy atom. The molecule has 0 nitrogen and oxygen atoms in total. The summed E-state index contributed by atoms with van der Waals surface area (Å²) < 4.78 is 0. The molecule has 0 bridgehead atoms. The molecule has 0 saturated heterocycles. The zero-order chi connectivity index (χ0) is 7.23. The summed E-state index contributed by atoms with van der Waals surface area (Å²) in [7, 11) is 0.992. The molecule has 56 valence electrons. The molecule has 1 heterocycles. The molecule has 1 aromatic heterocycles. The van der Waals surface area contributed by atoms with Gasteiger partial charge >= 0.3 is 0 Å². The number of unbranched alkanes of at least 4 members (excludes halogenated alkanes) is 2. The van der Waals surface area contributed by atoms with Crippen molar-refractivity contribution in [1.82, 2.24) is 0 Å². The zero-order valence-electron chi connectivity index (χ0n) is 6.56. The topological polar surface area (TPSA) is 0 Å². The maximum Gasteiger partial charge on any atom is -0.0244 e. The molecule has 10 heavy (non-hydrogen) atoms. The van der Waals surface area contributed by atoms with E-state index in [2.05, 4.69) is 24.9 Å². The van der Waals surface area contributed by atoms with Crippen molar-refractivity contribution in [2.45, 2.75) is 32.6 Å². The summed E-state index contributed by atoms with van der Waals surface area (Å²) in [6.45, 7) is 2.25. The molecule has 0 spiro atoms. The zero-order valence-corrected chi connectivity index (χ0v) is 7.56. The standard InChI is InChI=1S/C9H15P/c1-2-3-4-6-9-7-5-8-10-9/h5,7-8,10H,2-4,6H2,1H3. The van der Waals surface area contributed by atoms with E-state index in [-0.39, 0.29) is 0 Å². The summed E-state index contributed by atoms with van der Waals surface area (Å²) in [4.78, 5) is 0. The van der Waals surface area contributed by atoms with E-state index in [1.807, 2.05) is 0 Å². The van der Waals surface area contributed by atoms with Gasteiger partial charge in [0, 0.05) is 0 Å². The fraction of sp³-hybridized carbons (Fsp3) is 0.556. The highest BCUT2D eigenvalue weighted by atomic mass is 31.0. The highest BCUT2D eigenvalue weighted by molar-refractivity contribution is 7.30. The number of hydrogen-bond acceptors (Lipinski definition) is 0. The molecule has 0 aliphatic rings. The van der Waals surface area contributed by atoms with E-state index in [0.717, 1.165) is 8.19 Å². The number of aryl methyl sites for hydroxylation is 1. The maximum absolute atomic E-state index is 2.27. The molecule has 0 fully saturated rings. The predicted octanol–water partition coefficient (Wildman–Crippen LogP) is 3.45. The second kappa shape index (κ2) is 4.57. The Balaban J connectivity index is 2.15. The summed E-state index contributed by atoms with van der Waals surface area (Å²) in [6, 6.07) is 4.45. The minimum atomic E-state index is 0.992. The summed E-state index contributed by atoms with van der Waals surface area (Å²) >= 11 is 0. The van der Waals surface area contributed by atoms with E-state index in [1.165, 1.54) is 25.7 Å². The van der Waals surface area contributed by atoms with Crippen LogP contribution in [0.15, 0.2) is 17.9 Å². The van der Waals surface area contributed by atoms with Crippen molar-refractivity contribution in [3.8, 4) is 0 Å². The van der Waals surface area contributed by atoms with Gasteiger partial charge in [0.1, 0.15) is 0 Å². The van der Waals surface area contributed by atoms with Crippen molar-refractivity contribution in [3.05, 3.63) is 23.2 Å². The molecule has 1 rings (SSSR count).